The summed E-state index contributed by atoms with van der Waals surface area (Å²) >= 11 is 0. The van der Waals surface area contributed by atoms with E-state index < -0.39 is 28.2 Å². The maximum Gasteiger partial charge on any atom is 0.338 e. The number of nitro groups is 2. The molecule has 0 amide bonds. The molecule has 0 bridgehead atoms. The van der Waals surface area contributed by atoms with E-state index in [0.717, 1.165) is 23.2 Å². The Balaban J connectivity index is 1.30. The second kappa shape index (κ2) is 9.65. The van der Waals surface area contributed by atoms with Crippen LogP contribution >= 0.6 is 0 Å². The van der Waals surface area contributed by atoms with E-state index in [-0.39, 0.29) is 34.8 Å². The molecule has 10 heteroatoms. The van der Waals surface area contributed by atoms with Gasteiger partial charge >= 0.3 is 5.97 Å². The van der Waals surface area contributed by atoms with Crippen molar-refractivity contribution in [2.45, 2.75) is 18.4 Å². The molecule has 3 atom stereocenters. The quantitative estimate of drug-likeness (QED) is 0.150. The van der Waals surface area contributed by atoms with Gasteiger partial charge in [0, 0.05) is 41.4 Å². The Morgan fingerprint density at radius 3 is 2.16 bits per heavy atom. The van der Waals surface area contributed by atoms with Gasteiger partial charge in [0.15, 0.2) is 12.4 Å². The van der Waals surface area contributed by atoms with Crippen LogP contribution in [0.5, 0.6) is 0 Å². The largest absolute Gasteiger partial charge is 0.454 e. The van der Waals surface area contributed by atoms with Gasteiger partial charge in [-0.15, -0.1) is 0 Å². The van der Waals surface area contributed by atoms with Gasteiger partial charge in [0.25, 0.3) is 11.4 Å². The van der Waals surface area contributed by atoms with Gasteiger partial charge in [0.2, 0.25) is 0 Å². The molecule has 1 heterocycles. The van der Waals surface area contributed by atoms with Crippen molar-refractivity contribution in [1.82, 2.24) is 0 Å². The fourth-order valence-corrected chi connectivity index (χ4v) is 4.92. The van der Waals surface area contributed by atoms with E-state index in [9.17, 15) is 29.8 Å². The summed E-state index contributed by atoms with van der Waals surface area (Å²) in [5.74, 6) is -0.892. The number of ketones is 1. The molecule has 0 fully saturated rings. The summed E-state index contributed by atoms with van der Waals surface area (Å²) in [6.07, 6.45) is 5.02. The smallest absolute Gasteiger partial charge is 0.338 e. The Morgan fingerprint density at radius 2 is 1.51 bits per heavy atom. The topological polar surface area (TPSA) is 142 Å². The number of rotatable bonds is 7. The third kappa shape index (κ3) is 4.68. The first-order valence-electron chi connectivity index (χ1n) is 11.6. The molecule has 3 aromatic rings. The van der Waals surface area contributed by atoms with Crippen molar-refractivity contribution in [3.05, 3.63) is 121 Å². The van der Waals surface area contributed by atoms with Gasteiger partial charge in [0.1, 0.15) is 0 Å². The van der Waals surface area contributed by atoms with Crippen molar-refractivity contribution in [3.63, 3.8) is 0 Å². The number of ether oxygens (including phenoxy) is 1. The van der Waals surface area contributed by atoms with Gasteiger partial charge < -0.3 is 10.1 Å². The molecule has 3 aromatic carbocycles. The molecule has 10 nitrogen and oxygen atoms in total. The van der Waals surface area contributed by atoms with Crippen LogP contribution in [0.3, 0.4) is 0 Å². The fourth-order valence-electron chi connectivity index (χ4n) is 4.92. The van der Waals surface area contributed by atoms with Gasteiger partial charge in [-0.05, 0) is 53.8 Å². The second-order valence-electron chi connectivity index (χ2n) is 8.93. The lowest BCUT2D eigenvalue weighted by atomic mass is 9.76. The minimum atomic E-state index is -0.644. The van der Waals surface area contributed by atoms with Gasteiger partial charge in [-0.25, -0.2) is 4.79 Å². The summed E-state index contributed by atoms with van der Waals surface area (Å²) < 4.78 is 5.23. The molecule has 0 saturated carbocycles. The maximum atomic E-state index is 12.7. The lowest BCUT2D eigenvalue weighted by Gasteiger charge is -2.37. The zero-order chi connectivity index (χ0) is 26.1. The molecule has 0 unspecified atom stereocenters. The van der Waals surface area contributed by atoms with Gasteiger partial charge in [0.05, 0.1) is 21.5 Å². The summed E-state index contributed by atoms with van der Waals surface area (Å²) in [7, 11) is 0. The number of allylic oxidation sites excluding steroid dienone is 2. The summed E-state index contributed by atoms with van der Waals surface area (Å²) in [5, 5.41) is 25.3. The van der Waals surface area contributed by atoms with Gasteiger partial charge in [-0.2, -0.15) is 0 Å². The number of non-ortho nitro benzene ring substituents is 2. The number of anilines is 1. The predicted molar refractivity (Wildman–Crippen MR) is 134 cm³/mol. The number of carbonyl (C=O) groups excluding carboxylic acids is 2. The Morgan fingerprint density at radius 1 is 0.892 bits per heavy atom. The lowest BCUT2D eigenvalue weighted by molar-refractivity contribution is -0.385. The number of fused-ring (bicyclic) bond motifs is 3. The Labute approximate surface area is 210 Å². The highest BCUT2D eigenvalue weighted by molar-refractivity contribution is 5.99. The number of nitrogens with one attached hydrogen (secondary N) is 1. The van der Waals surface area contributed by atoms with E-state index in [1.54, 1.807) is 30.3 Å². The van der Waals surface area contributed by atoms with Crippen LogP contribution in [0.25, 0.3) is 0 Å². The van der Waals surface area contributed by atoms with Crippen molar-refractivity contribution in [3.8, 4) is 0 Å². The van der Waals surface area contributed by atoms with Crippen LogP contribution < -0.4 is 5.32 Å². The highest BCUT2D eigenvalue weighted by Crippen LogP contribution is 2.50. The Bertz CT molecular complexity index is 1430. The summed E-state index contributed by atoms with van der Waals surface area (Å²) in [4.78, 5) is 45.9. The van der Waals surface area contributed by atoms with Crippen LogP contribution in [0.4, 0.5) is 17.1 Å². The molecule has 2 aliphatic rings. The Hall–Kier alpha value is -4.86. The normalized spacial score (nSPS) is 19.3. The first kappa shape index (κ1) is 23.9. The molecule has 0 spiro atoms. The van der Waals surface area contributed by atoms with Crippen molar-refractivity contribution in [2.75, 3.05) is 11.9 Å². The number of Topliss-reactive ketones (excluding diaryl/α,β-unsaturated/α-hetero) is 1. The molecular weight excluding hydrogens is 478 g/mol. The van der Waals surface area contributed by atoms with Crippen LogP contribution in [0.2, 0.25) is 0 Å². The first-order valence-corrected chi connectivity index (χ1v) is 11.6. The van der Waals surface area contributed by atoms with Crippen LogP contribution in [-0.2, 0) is 4.74 Å². The molecule has 37 heavy (non-hydrogen) atoms. The number of esters is 1. The van der Waals surface area contributed by atoms with Crippen LogP contribution in [0, 0.1) is 26.1 Å². The van der Waals surface area contributed by atoms with E-state index in [1.807, 2.05) is 0 Å². The predicted octanol–water partition coefficient (Wildman–Crippen LogP) is 5.37. The minimum Gasteiger partial charge on any atom is -0.454 e. The van der Waals surface area contributed by atoms with Crippen molar-refractivity contribution >= 4 is 28.8 Å². The second-order valence-corrected chi connectivity index (χ2v) is 8.93. The highest BCUT2D eigenvalue weighted by atomic mass is 16.6. The average Bonchev–Trinajstić information content (AvgIpc) is 3.41. The number of benzene rings is 3. The highest BCUT2D eigenvalue weighted by Gasteiger charge is 2.38. The van der Waals surface area contributed by atoms with E-state index >= 15 is 0 Å². The zero-order valence-electron chi connectivity index (χ0n) is 19.4. The van der Waals surface area contributed by atoms with Crippen molar-refractivity contribution in [2.24, 2.45) is 5.92 Å². The SMILES string of the molecule is O=C(COC(=O)c1ccc2c(c1)[C@@H]1C=CC[C@@H]1[C@H](c1ccc([N+](=O)[O-])cc1)N2)c1ccc([N+](=O)[O-])cc1. The maximum absolute atomic E-state index is 12.7. The molecule has 5 rings (SSSR count). The van der Waals surface area contributed by atoms with Gasteiger partial charge in [-0.3, -0.25) is 25.0 Å². The first-order chi connectivity index (χ1) is 17.8. The number of hydrogen-bond acceptors (Lipinski definition) is 8. The van der Waals surface area contributed by atoms with Gasteiger partial charge in [-0.1, -0.05) is 24.3 Å². The molecule has 0 saturated heterocycles. The molecule has 0 radical (unpaired) electrons. The molecule has 1 aliphatic heterocycles. The lowest BCUT2D eigenvalue weighted by Crippen LogP contribution is -2.29. The molecule has 186 valence electrons. The minimum absolute atomic E-state index is 0.0382. The third-order valence-electron chi connectivity index (χ3n) is 6.80. The fraction of sp³-hybridized carbons (Fsp3) is 0.185. The monoisotopic (exact) mass is 499 g/mol. The number of hydrogen-bond donors (Lipinski definition) is 1. The van der Waals surface area contributed by atoms with Crippen molar-refractivity contribution in [1.29, 1.82) is 0 Å². The van der Waals surface area contributed by atoms with E-state index in [0.29, 0.717) is 5.56 Å². The van der Waals surface area contributed by atoms with E-state index in [1.165, 1.54) is 36.4 Å². The standard InChI is InChI=1S/C27H21N3O7/c31-25(16-4-9-19(10-5-16)29(33)34)15-37-27(32)18-8-13-24-23(14-18)21-2-1-3-22(21)26(28-24)17-6-11-20(12-7-17)30(35)36/h1-2,4-14,21-22,26,28H,3,15H2/t21-,22+,26+/m1/s1. The summed E-state index contributed by atoms with van der Waals surface area (Å²) in [6.45, 7) is -0.486. The summed E-state index contributed by atoms with van der Waals surface area (Å²) in [6, 6.07) is 16.8. The average molecular weight is 499 g/mol. The van der Waals surface area contributed by atoms with Crippen molar-refractivity contribution < 1.29 is 24.2 Å². The number of nitrogens with zero attached hydrogens (tertiary/aromatic N) is 2. The number of carbonyl (C=O) groups is 2. The zero-order valence-corrected chi connectivity index (χ0v) is 19.4. The number of nitro benzene ring substituents is 2. The molecular formula is C27H21N3O7. The van der Waals surface area contributed by atoms with E-state index in [4.69, 9.17) is 4.74 Å². The van der Waals surface area contributed by atoms with Crippen LogP contribution in [0.1, 0.15) is 50.2 Å². The molecule has 1 aliphatic carbocycles. The third-order valence-corrected chi connectivity index (χ3v) is 6.80. The Kier molecular flexibility index (Phi) is 6.22. The molecule has 1 N–H and O–H groups in total. The van der Waals surface area contributed by atoms with E-state index in [2.05, 4.69) is 17.5 Å². The molecule has 0 aromatic heterocycles. The van der Waals surface area contributed by atoms with Crippen LogP contribution in [0.15, 0.2) is 78.9 Å². The summed E-state index contributed by atoms with van der Waals surface area (Å²) in [5.41, 5.74) is 3.17. The van der Waals surface area contributed by atoms with Crippen LogP contribution in [-0.4, -0.2) is 28.2 Å².